The molecule has 1 amide bonds. The van der Waals surface area contributed by atoms with E-state index in [1.807, 2.05) is 0 Å². The first-order valence-electron chi connectivity index (χ1n) is 7.45. The highest BCUT2D eigenvalue weighted by atomic mass is 35.5. The van der Waals surface area contributed by atoms with Crippen molar-refractivity contribution < 1.29 is 4.79 Å². The highest BCUT2D eigenvalue weighted by Gasteiger charge is 2.30. The van der Waals surface area contributed by atoms with Gasteiger partial charge in [-0.2, -0.15) is 0 Å². The Morgan fingerprint density at radius 1 is 1.20 bits per heavy atom. The highest BCUT2D eigenvalue weighted by Crippen LogP contribution is 2.24. The Hall–Kier alpha value is -0.0300. The van der Waals surface area contributed by atoms with Crippen LogP contribution in [0.5, 0.6) is 0 Å². The molecule has 0 radical (unpaired) electrons. The quantitative estimate of drug-likeness (QED) is 0.830. The van der Waals surface area contributed by atoms with E-state index in [1.54, 1.807) is 0 Å². The van der Waals surface area contributed by atoms with E-state index in [9.17, 15) is 4.79 Å². The van der Waals surface area contributed by atoms with E-state index in [2.05, 4.69) is 17.1 Å². The minimum atomic E-state index is 0. The van der Waals surface area contributed by atoms with Crippen molar-refractivity contribution in [3.05, 3.63) is 0 Å². The Morgan fingerprint density at radius 2 is 1.85 bits per heavy atom. The smallest absolute Gasteiger partial charge is 0.224 e. The standard InChI is InChI=1S/C14H27N3O.2ClH/c1-11(10-17-8-3-2-4-9-17)16-14(18)12-6-5-7-13(12)15;;/h11-13H,2-10,15H2,1H3,(H,16,18);2*1H. The number of halogens is 2. The lowest BCUT2D eigenvalue weighted by Gasteiger charge is -2.30. The molecule has 1 aliphatic heterocycles. The van der Waals surface area contributed by atoms with Gasteiger partial charge in [-0.3, -0.25) is 4.79 Å². The third-order valence-electron chi connectivity index (χ3n) is 4.28. The number of carbonyl (C=O) groups is 1. The number of rotatable bonds is 4. The average molecular weight is 326 g/mol. The van der Waals surface area contributed by atoms with Crippen LogP contribution >= 0.6 is 24.8 Å². The van der Waals surface area contributed by atoms with E-state index in [0.717, 1.165) is 25.8 Å². The van der Waals surface area contributed by atoms with E-state index in [-0.39, 0.29) is 48.7 Å². The molecule has 1 heterocycles. The van der Waals surface area contributed by atoms with Gasteiger partial charge in [0, 0.05) is 18.6 Å². The normalized spacial score (nSPS) is 28.1. The maximum atomic E-state index is 12.1. The minimum Gasteiger partial charge on any atom is -0.352 e. The van der Waals surface area contributed by atoms with Gasteiger partial charge in [0.05, 0.1) is 5.92 Å². The zero-order valence-corrected chi connectivity index (χ0v) is 14.0. The molecule has 0 aromatic heterocycles. The molecule has 3 N–H and O–H groups in total. The maximum Gasteiger partial charge on any atom is 0.224 e. The van der Waals surface area contributed by atoms with Crippen molar-refractivity contribution in [1.82, 2.24) is 10.2 Å². The van der Waals surface area contributed by atoms with Crippen LogP contribution in [0, 0.1) is 5.92 Å². The van der Waals surface area contributed by atoms with Gasteiger partial charge in [-0.15, -0.1) is 24.8 Å². The van der Waals surface area contributed by atoms with Crippen LogP contribution in [0.3, 0.4) is 0 Å². The van der Waals surface area contributed by atoms with Gasteiger partial charge in [0.1, 0.15) is 0 Å². The molecule has 2 rings (SSSR count). The molecule has 6 heteroatoms. The summed E-state index contributed by atoms with van der Waals surface area (Å²) in [7, 11) is 0. The van der Waals surface area contributed by atoms with Crippen LogP contribution in [-0.2, 0) is 4.79 Å². The molecular weight excluding hydrogens is 297 g/mol. The number of hydrogen-bond donors (Lipinski definition) is 2. The summed E-state index contributed by atoms with van der Waals surface area (Å²) in [6.45, 7) is 5.45. The van der Waals surface area contributed by atoms with E-state index in [0.29, 0.717) is 0 Å². The van der Waals surface area contributed by atoms with E-state index in [1.165, 1.54) is 32.4 Å². The zero-order valence-electron chi connectivity index (χ0n) is 12.3. The van der Waals surface area contributed by atoms with Crippen LogP contribution < -0.4 is 11.1 Å². The molecule has 0 aromatic carbocycles. The van der Waals surface area contributed by atoms with Crippen LogP contribution in [0.2, 0.25) is 0 Å². The van der Waals surface area contributed by atoms with Crippen molar-refractivity contribution in [2.24, 2.45) is 11.7 Å². The van der Waals surface area contributed by atoms with E-state index in [4.69, 9.17) is 5.73 Å². The summed E-state index contributed by atoms with van der Waals surface area (Å²) in [5, 5.41) is 3.14. The molecule has 1 saturated carbocycles. The molecule has 4 nitrogen and oxygen atoms in total. The largest absolute Gasteiger partial charge is 0.352 e. The summed E-state index contributed by atoms with van der Waals surface area (Å²) < 4.78 is 0. The summed E-state index contributed by atoms with van der Waals surface area (Å²) in [5.74, 6) is 0.221. The Labute approximate surface area is 135 Å². The Bertz CT molecular complexity index is 286. The molecule has 3 unspecified atom stereocenters. The Balaban J connectivity index is 0.00000180. The van der Waals surface area contributed by atoms with Crippen LogP contribution in [-0.4, -0.2) is 42.5 Å². The second-order valence-corrected chi connectivity index (χ2v) is 5.97. The van der Waals surface area contributed by atoms with Crippen molar-refractivity contribution in [2.45, 2.75) is 57.5 Å². The summed E-state index contributed by atoms with van der Waals surface area (Å²) in [6.07, 6.45) is 7.01. The van der Waals surface area contributed by atoms with E-state index < -0.39 is 0 Å². The molecule has 120 valence electrons. The van der Waals surface area contributed by atoms with Gasteiger partial charge in [0.2, 0.25) is 5.91 Å². The van der Waals surface area contributed by atoms with Gasteiger partial charge in [0.25, 0.3) is 0 Å². The molecule has 0 aromatic rings. The zero-order chi connectivity index (χ0) is 13.0. The predicted octanol–water partition coefficient (Wildman–Crippen LogP) is 1.95. The summed E-state index contributed by atoms with van der Waals surface area (Å²) in [5.41, 5.74) is 5.97. The topological polar surface area (TPSA) is 58.4 Å². The van der Waals surface area contributed by atoms with Gasteiger partial charge in [-0.1, -0.05) is 12.8 Å². The summed E-state index contributed by atoms with van der Waals surface area (Å²) >= 11 is 0. The maximum absolute atomic E-state index is 12.1. The lowest BCUT2D eigenvalue weighted by molar-refractivity contribution is -0.125. The lowest BCUT2D eigenvalue weighted by atomic mass is 10.0. The molecule has 1 saturated heterocycles. The minimum absolute atomic E-state index is 0. The van der Waals surface area contributed by atoms with Crippen LogP contribution in [0.4, 0.5) is 0 Å². The molecule has 2 aliphatic rings. The van der Waals surface area contributed by atoms with Crippen molar-refractivity contribution >= 4 is 30.7 Å². The van der Waals surface area contributed by atoms with Gasteiger partial charge < -0.3 is 16.0 Å². The molecule has 20 heavy (non-hydrogen) atoms. The summed E-state index contributed by atoms with van der Waals surface area (Å²) in [6, 6.07) is 0.315. The molecule has 3 atom stereocenters. The first-order valence-corrected chi connectivity index (χ1v) is 7.45. The number of nitrogens with one attached hydrogen (secondary N) is 1. The first kappa shape index (κ1) is 20.0. The fourth-order valence-electron chi connectivity index (χ4n) is 3.24. The second kappa shape index (κ2) is 9.82. The van der Waals surface area contributed by atoms with Crippen LogP contribution in [0.1, 0.15) is 45.4 Å². The first-order chi connectivity index (χ1) is 8.66. The number of nitrogens with zero attached hydrogens (tertiary/aromatic N) is 1. The molecular formula is C14H29Cl2N3O. The fraction of sp³-hybridized carbons (Fsp3) is 0.929. The van der Waals surface area contributed by atoms with Gasteiger partial charge in [-0.25, -0.2) is 0 Å². The van der Waals surface area contributed by atoms with Gasteiger partial charge >= 0.3 is 0 Å². The SMILES string of the molecule is CC(CN1CCCCC1)NC(=O)C1CCCC1N.Cl.Cl. The molecule has 1 aliphatic carbocycles. The predicted molar refractivity (Wildman–Crippen MR) is 87.7 cm³/mol. The molecule has 2 fully saturated rings. The van der Waals surface area contributed by atoms with Crippen LogP contribution in [0.15, 0.2) is 0 Å². The fourth-order valence-corrected chi connectivity index (χ4v) is 3.24. The van der Waals surface area contributed by atoms with E-state index >= 15 is 0 Å². The lowest BCUT2D eigenvalue weighted by Crippen LogP contribution is -2.47. The van der Waals surface area contributed by atoms with Gasteiger partial charge in [-0.05, 0) is 45.7 Å². The van der Waals surface area contributed by atoms with Crippen LogP contribution in [0.25, 0.3) is 0 Å². The van der Waals surface area contributed by atoms with Crippen molar-refractivity contribution in [1.29, 1.82) is 0 Å². The molecule has 0 bridgehead atoms. The highest BCUT2D eigenvalue weighted by molar-refractivity contribution is 5.85. The summed E-state index contributed by atoms with van der Waals surface area (Å²) in [4.78, 5) is 14.6. The monoisotopic (exact) mass is 325 g/mol. The third-order valence-corrected chi connectivity index (χ3v) is 4.28. The Morgan fingerprint density at radius 3 is 2.40 bits per heavy atom. The number of nitrogens with two attached hydrogens (primary N) is 1. The van der Waals surface area contributed by atoms with Gasteiger partial charge in [0.15, 0.2) is 0 Å². The van der Waals surface area contributed by atoms with Crippen molar-refractivity contribution in [3.63, 3.8) is 0 Å². The number of amides is 1. The third kappa shape index (κ3) is 5.76. The van der Waals surface area contributed by atoms with Crippen molar-refractivity contribution in [2.75, 3.05) is 19.6 Å². The average Bonchev–Trinajstić information content (AvgIpc) is 2.76. The van der Waals surface area contributed by atoms with Crippen molar-refractivity contribution in [3.8, 4) is 0 Å². The number of hydrogen-bond acceptors (Lipinski definition) is 3. The second-order valence-electron chi connectivity index (χ2n) is 5.97. The molecule has 0 spiro atoms. The number of carbonyl (C=O) groups excluding carboxylic acids is 1. The number of likely N-dealkylation sites (tertiary alicyclic amines) is 1. The Kier molecular flexibility index (Phi) is 9.81. The number of piperidine rings is 1.